The third-order valence-corrected chi connectivity index (χ3v) is 1.90. The Balaban J connectivity index is 0.00000225. The maximum Gasteiger partial charge on any atom is 0.145 e. The molecule has 1 N–H and O–H groups in total. The molecule has 1 aromatic carbocycles. The van der Waals surface area contributed by atoms with Gasteiger partial charge in [0.2, 0.25) is 0 Å². The minimum atomic E-state index is 0. The van der Waals surface area contributed by atoms with Crippen LogP contribution >= 0.6 is 12.4 Å². The van der Waals surface area contributed by atoms with Crippen molar-refractivity contribution in [3.63, 3.8) is 0 Å². The van der Waals surface area contributed by atoms with E-state index in [9.17, 15) is 0 Å². The fourth-order valence-electron chi connectivity index (χ4n) is 1.11. The van der Waals surface area contributed by atoms with E-state index in [0.29, 0.717) is 12.4 Å². The summed E-state index contributed by atoms with van der Waals surface area (Å²) in [7, 11) is 3.71. The summed E-state index contributed by atoms with van der Waals surface area (Å²) in [5.74, 6) is 0.640. The Morgan fingerprint density at radius 2 is 1.94 bits per heavy atom. The summed E-state index contributed by atoms with van der Waals surface area (Å²) in [4.78, 5) is 6.11. The quantitative estimate of drug-likeness (QED) is 0.381. The van der Waals surface area contributed by atoms with Gasteiger partial charge in [-0.1, -0.05) is 35.5 Å². The fourth-order valence-corrected chi connectivity index (χ4v) is 1.11. The SMILES string of the molecule is CN(C)C(/C=N/O)=N/Cc1ccccc1.Cl. The van der Waals surface area contributed by atoms with Crippen LogP contribution in [0.2, 0.25) is 0 Å². The third kappa shape index (κ3) is 4.79. The highest BCUT2D eigenvalue weighted by Crippen LogP contribution is 2.00. The highest BCUT2D eigenvalue weighted by molar-refractivity contribution is 6.28. The van der Waals surface area contributed by atoms with Gasteiger partial charge in [-0.25, -0.2) is 0 Å². The predicted molar refractivity (Wildman–Crippen MR) is 68.8 cm³/mol. The maximum absolute atomic E-state index is 8.44. The standard InChI is InChI=1S/C11H15N3O.ClH/c1-14(2)11(9-13-15)12-8-10-6-4-3-5-7-10;/h3-7,9,15H,8H2,1-2H3;1H/b12-11+,13-9+;. The summed E-state index contributed by atoms with van der Waals surface area (Å²) in [6, 6.07) is 9.93. The monoisotopic (exact) mass is 241 g/mol. The van der Waals surface area contributed by atoms with Crippen molar-refractivity contribution in [2.75, 3.05) is 14.1 Å². The van der Waals surface area contributed by atoms with Crippen molar-refractivity contribution in [2.24, 2.45) is 10.1 Å². The van der Waals surface area contributed by atoms with E-state index in [-0.39, 0.29) is 12.4 Å². The highest BCUT2D eigenvalue weighted by atomic mass is 35.5. The van der Waals surface area contributed by atoms with Crippen LogP contribution in [0.15, 0.2) is 40.5 Å². The summed E-state index contributed by atoms with van der Waals surface area (Å²) in [6.07, 6.45) is 1.32. The summed E-state index contributed by atoms with van der Waals surface area (Å²) in [6.45, 7) is 0.584. The Labute approximate surface area is 102 Å². The van der Waals surface area contributed by atoms with Crippen LogP contribution in [0.5, 0.6) is 0 Å². The lowest BCUT2D eigenvalue weighted by atomic mass is 10.2. The zero-order valence-corrected chi connectivity index (χ0v) is 10.2. The van der Waals surface area contributed by atoms with Crippen LogP contribution in [0.4, 0.5) is 0 Å². The molecule has 88 valence electrons. The molecular formula is C11H16ClN3O. The summed E-state index contributed by atoms with van der Waals surface area (Å²) in [5, 5.41) is 11.4. The van der Waals surface area contributed by atoms with Crippen molar-refractivity contribution >= 4 is 24.5 Å². The Hall–Kier alpha value is -1.55. The average molecular weight is 242 g/mol. The van der Waals surface area contributed by atoms with Gasteiger partial charge in [-0.15, -0.1) is 12.4 Å². The molecule has 1 aromatic rings. The summed E-state index contributed by atoms with van der Waals surface area (Å²) < 4.78 is 0. The first-order valence-electron chi connectivity index (χ1n) is 4.67. The molecule has 0 heterocycles. The molecule has 0 unspecified atom stereocenters. The maximum atomic E-state index is 8.44. The number of rotatable bonds is 3. The lowest BCUT2D eigenvalue weighted by Crippen LogP contribution is -2.23. The minimum absolute atomic E-state index is 0. The number of oxime groups is 1. The first-order chi connectivity index (χ1) is 7.24. The molecule has 0 aliphatic heterocycles. The first-order valence-corrected chi connectivity index (χ1v) is 4.67. The topological polar surface area (TPSA) is 48.2 Å². The molecule has 0 radical (unpaired) electrons. The molecule has 5 heteroatoms. The average Bonchev–Trinajstić information content (AvgIpc) is 2.25. The number of aliphatic imine (C=N–C) groups is 1. The fraction of sp³-hybridized carbons (Fsp3) is 0.273. The van der Waals surface area contributed by atoms with Crippen LogP contribution in [0.25, 0.3) is 0 Å². The zero-order chi connectivity index (χ0) is 11.1. The van der Waals surface area contributed by atoms with Gasteiger partial charge in [-0.3, -0.25) is 4.99 Å². The van der Waals surface area contributed by atoms with E-state index in [2.05, 4.69) is 10.1 Å². The lowest BCUT2D eigenvalue weighted by molar-refractivity contribution is 0.322. The minimum Gasteiger partial charge on any atom is -0.411 e. The van der Waals surface area contributed by atoms with E-state index >= 15 is 0 Å². The second kappa shape index (κ2) is 7.70. The smallest absolute Gasteiger partial charge is 0.145 e. The van der Waals surface area contributed by atoms with Crippen molar-refractivity contribution in [1.82, 2.24) is 4.90 Å². The molecule has 0 spiro atoms. The Kier molecular flexibility index (Phi) is 6.96. The Morgan fingerprint density at radius 1 is 1.31 bits per heavy atom. The number of halogens is 1. The van der Waals surface area contributed by atoms with E-state index in [1.807, 2.05) is 44.4 Å². The van der Waals surface area contributed by atoms with Crippen molar-refractivity contribution < 1.29 is 5.21 Å². The van der Waals surface area contributed by atoms with Gasteiger partial charge in [0, 0.05) is 14.1 Å². The van der Waals surface area contributed by atoms with Crippen LogP contribution in [0.3, 0.4) is 0 Å². The van der Waals surface area contributed by atoms with Gasteiger partial charge in [0.15, 0.2) is 0 Å². The number of amidine groups is 1. The molecule has 0 amide bonds. The lowest BCUT2D eigenvalue weighted by Gasteiger charge is -2.10. The van der Waals surface area contributed by atoms with Gasteiger partial charge in [-0.2, -0.15) is 0 Å². The van der Waals surface area contributed by atoms with Crippen molar-refractivity contribution in [3.05, 3.63) is 35.9 Å². The van der Waals surface area contributed by atoms with Gasteiger partial charge in [0.05, 0.1) is 6.54 Å². The van der Waals surface area contributed by atoms with Crippen molar-refractivity contribution in [3.8, 4) is 0 Å². The second-order valence-corrected chi connectivity index (χ2v) is 3.30. The van der Waals surface area contributed by atoms with E-state index < -0.39 is 0 Å². The zero-order valence-electron chi connectivity index (χ0n) is 9.37. The van der Waals surface area contributed by atoms with Crippen LogP contribution in [0.1, 0.15) is 5.56 Å². The van der Waals surface area contributed by atoms with E-state index in [0.717, 1.165) is 5.56 Å². The molecular weight excluding hydrogens is 226 g/mol. The third-order valence-electron chi connectivity index (χ3n) is 1.90. The number of hydrogen-bond acceptors (Lipinski definition) is 3. The molecule has 0 atom stereocenters. The molecule has 4 nitrogen and oxygen atoms in total. The normalized spacial score (nSPS) is 11.2. The van der Waals surface area contributed by atoms with Gasteiger partial charge in [0.25, 0.3) is 0 Å². The van der Waals surface area contributed by atoms with E-state index in [1.54, 1.807) is 4.90 Å². The van der Waals surface area contributed by atoms with Gasteiger partial charge in [0.1, 0.15) is 12.1 Å². The highest BCUT2D eigenvalue weighted by Gasteiger charge is 1.97. The van der Waals surface area contributed by atoms with Crippen molar-refractivity contribution in [1.29, 1.82) is 0 Å². The molecule has 0 aliphatic carbocycles. The van der Waals surface area contributed by atoms with Gasteiger partial charge >= 0.3 is 0 Å². The van der Waals surface area contributed by atoms with Crippen LogP contribution in [-0.4, -0.2) is 36.3 Å². The van der Waals surface area contributed by atoms with Crippen molar-refractivity contribution in [2.45, 2.75) is 6.54 Å². The van der Waals surface area contributed by atoms with E-state index in [4.69, 9.17) is 5.21 Å². The molecule has 0 fully saturated rings. The molecule has 0 saturated heterocycles. The van der Waals surface area contributed by atoms with E-state index in [1.165, 1.54) is 6.21 Å². The predicted octanol–water partition coefficient (Wildman–Crippen LogP) is 2.03. The molecule has 0 saturated carbocycles. The summed E-state index contributed by atoms with van der Waals surface area (Å²) in [5.41, 5.74) is 1.13. The number of nitrogens with zero attached hydrogens (tertiary/aromatic N) is 3. The Bertz CT molecular complexity index is 350. The van der Waals surface area contributed by atoms with Crippen LogP contribution in [-0.2, 0) is 6.54 Å². The van der Waals surface area contributed by atoms with Gasteiger partial charge < -0.3 is 10.1 Å². The molecule has 0 aliphatic rings. The van der Waals surface area contributed by atoms with Crippen LogP contribution in [0, 0.1) is 0 Å². The molecule has 16 heavy (non-hydrogen) atoms. The molecule has 0 aromatic heterocycles. The number of hydrogen-bond donors (Lipinski definition) is 1. The second-order valence-electron chi connectivity index (χ2n) is 3.30. The van der Waals surface area contributed by atoms with Gasteiger partial charge in [-0.05, 0) is 5.56 Å². The molecule has 0 bridgehead atoms. The largest absolute Gasteiger partial charge is 0.411 e. The Morgan fingerprint density at radius 3 is 2.44 bits per heavy atom. The first kappa shape index (κ1) is 14.5. The van der Waals surface area contributed by atoms with Crippen LogP contribution < -0.4 is 0 Å². The molecule has 1 rings (SSSR count). The summed E-state index contributed by atoms with van der Waals surface area (Å²) >= 11 is 0. The number of benzene rings is 1.